The third-order valence-corrected chi connectivity index (χ3v) is 4.15. The first kappa shape index (κ1) is 15.4. The molecule has 0 aliphatic heterocycles. The van der Waals surface area contributed by atoms with Gasteiger partial charge in [0, 0.05) is 11.6 Å². The van der Waals surface area contributed by atoms with Crippen LogP contribution in [-0.2, 0) is 10.0 Å². The van der Waals surface area contributed by atoms with Crippen molar-refractivity contribution in [2.24, 2.45) is 10.1 Å². The zero-order chi connectivity index (χ0) is 16.3. The van der Waals surface area contributed by atoms with Gasteiger partial charge < -0.3 is 11.5 Å². The van der Waals surface area contributed by atoms with Gasteiger partial charge in [-0.2, -0.15) is 8.42 Å². The number of nitrogen functional groups attached to an aromatic ring is 1. The summed E-state index contributed by atoms with van der Waals surface area (Å²) in [7, 11) is -4.26. The topological polar surface area (TPSA) is 142 Å². The summed E-state index contributed by atoms with van der Waals surface area (Å²) in [6, 6.07) is 11.7. The molecule has 0 bridgehead atoms. The lowest BCUT2D eigenvalue weighted by Crippen LogP contribution is -2.16. The fourth-order valence-electron chi connectivity index (χ4n) is 1.76. The van der Waals surface area contributed by atoms with Crippen LogP contribution in [0.5, 0.6) is 0 Å². The van der Waals surface area contributed by atoms with Crippen LogP contribution in [0, 0.1) is 10.1 Å². The van der Waals surface area contributed by atoms with Gasteiger partial charge in [0.2, 0.25) is 0 Å². The van der Waals surface area contributed by atoms with Crippen LogP contribution in [0.3, 0.4) is 0 Å². The number of benzene rings is 2. The molecule has 2 aromatic carbocycles. The third-order valence-electron chi connectivity index (χ3n) is 2.81. The number of rotatable bonds is 4. The van der Waals surface area contributed by atoms with Crippen molar-refractivity contribution in [3.8, 4) is 0 Å². The van der Waals surface area contributed by atoms with E-state index in [9.17, 15) is 18.5 Å². The molecular weight excluding hydrogens is 308 g/mol. The van der Waals surface area contributed by atoms with Gasteiger partial charge in [-0.25, -0.2) is 0 Å². The first-order chi connectivity index (χ1) is 10.3. The van der Waals surface area contributed by atoms with Crippen molar-refractivity contribution in [1.82, 2.24) is 0 Å². The molecule has 0 aliphatic rings. The lowest BCUT2D eigenvalue weighted by atomic mass is 10.2. The van der Waals surface area contributed by atoms with Crippen molar-refractivity contribution < 1.29 is 13.3 Å². The summed E-state index contributed by atoms with van der Waals surface area (Å²) in [6.07, 6.45) is 0. The Labute approximate surface area is 126 Å². The minimum Gasteiger partial charge on any atom is -0.392 e. The number of anilines is 1. The first-order valence-electron chi connectivity index (χ1n) is 6.01. The van der Waals surface area contributed by atoms with E-state index in [2.05, 4.69) is 4.40 Å². The quantitative estimate of drug-likeness (QED) is 0.285. The van der Waals surface area contributed by atoms with E-state index in [1.54, 1.807) is 30.3 Å². The Morgan fingerprint density at radius 1 is 1.09 bits per heavy atom. The number of hydrogen-bond donors (Lipinski definition) is 2. The number of para-hydroxylation sites is 1. The van der Waals surface area contributed by atoms with Crippen LogP contribution >= 0.6 is 0 Å². The summed E-state index contributed by atoms with van der Waals surface area (Å²) in [4.78, 5) is 9.59. The second-order valence-corrected chi connectivity index (χ2v) is 5.84. The fraction of sp³-hybridized carbons (Fsp3) is 0. The lowest BCUT2D eigenvalue weighted by molar-refractivity contribution is -0.384. The second-order valence-electron chi connectivity index (χ2n) is 4.26. The van der Waals surface area contributed by atoms with E-state index in [1.165, 1.54) is 6.07 Å². The zero-order valence-corrected chi connectivity index (χ0v) is 12.0. The zero-order valence-electron chi connectivity index (χ0n) is 11.2. The van der Waals surface area contributed by atoms with Crippen molar-refractivity contribution in [3.05, 3.63) is 64.2 Å². The maximum atomic E-state index is 12.2. The van der Waals surface area contributed by atoms with Crippen LogP contribution in [0.15, 0.2) is 57.8 Å². The van der Waals surface area contributed by atoms with Gasteiger partial charge in [0.15, 0.2) is 0 Å². The van der Waals surface area contributed by atoms with Gasteiger partial charge in [-0.3, -0.25) is 10.1 Å². The van der Waals surface area contributed by atoms with E-state index in [4.69, 9.17) is 11.5 Å². The number of hydrogen-bond acceptors (Lipinski definition) is 5. The fourth-order valence-corrected chi connectivity index (χ4v) is 2.85. The van der Waals surface area contributed by atoms with Crippen molar-refractivity contribution in [2.45, 2.75) is 4.90 Å². The molecule has 0 unspecified atom stereocenters. The van der Waals surface area contributed by atoms with Gasteiger partial charge in [-0.05, 0) is 6.07 Å². The molecule has 0 amide bonds. The smallest absolute Gasteiger partial charge is 0.293 e. The molecule has 8 nitrogen and oxygen atoms in total. The molecular formula is C13H12N4O4S. The standard InChI is InChI=1S/C13H12N4O4S/c14-12-10(17(18)19)7-4-8-11(12)22(20,21)16-13(15)9-5-2-1-3-6-9/h1-8H,14H2,(H2,15,16). The molecule has 9 heteroatoms. The van der Waals surface area contributed by atoms with Gasteiger partial charge >= 0.3 is 0 Å². The average molecular weight is 320 g/mol. The van der Waals surface area contributed by atoms with Gasteiger partial charge in [-0.15, -0.1) is 4.40 Å². The summed E-state index contributed by atoms with van der Waals surface area (Å²) >= 11 is 0. The van der Waals surface area contributed by atoms with Gasteiger partial charge in [0.1, 0.15) is 16.4 Å². The monoisotopic (exact) mass is 320 g/mol. The highest BCUT2D eigenvalue weighted by Crippen LogP contribution is 2.29. The molecule has 0 heterocycles. The molecule has 0 radical (unpaired) electrons. The van der Waals surface area contributed by atoms with Crippen molar-refractivity contribution in [3.63, 3.8) is 0 Å². The molecule has 4 N–H and O–H groups in total. The third kappa shape index (κ3) is 3.04. The predicted molar refractivity (Wildman–Crippen MR) is 81.9 cm³/mol. The van der Waals surface area contributed by atoms with E-state index < -0.39 is 31.2 Å². The normalized spacial score (nSPS) is 12.1. The van der Waals surface area contributed by atoms with Crippen LogP contribution < -0.4 is 11.5 Å². The summed E-state index contributed by atoms with van der Waals surface area (Å²) in [5.74, 6) is -0.230. The van der Waals surface area contributed by atoms with E-state index in [-0.39, 0.29) is 5.84 Å². The molecule has 0 saturated carbocycles. The first-order valence-corrected chi connectivity index (χ1v) is 7.45. The Morgan fingerprint density at radius 2 is 1.73 bits per heavy atom. The van der Waals surface area contributed by atoms with E-state index in [0.29, 0.717) is 5.56 Å². The SMILES string of the molecule is NC(=NS(=O)(=O)c1cccc([N+](=O)[O-])c1N)c1ccccc1. The van der Waals surface area contributed by atoms with Crippen LogP contribution in [0.25, 0.3) is 0 Å². The highest BCUT2D eigenvalue weighted by molar-refractivity contribution is 7.90. The van der Waals surface area contributed by atoms with Crippen molar-refractivity contribution >= 4 is 27.2 Å². The summed E-state index contributed by atoms with van der Waals surface area (Å²) in [6.45, 7) is 0. The number of nitro benzene ring substituents is 1. The highest BCUT2D eigenvalue weighted by Gasteiger charge is 2.23. The van der Waals surface area contributed by atoms with Gasteiger partial charge in [0.25, 0.3) is 15.7 Å². The number of nitrogens with two attached hydrogens (primary N) is 2. The van der Waals surface area contributed by atoms with Crippen LogP contribution in [0.2, 0.25) is 0 Å². The van der Waals surface area contributed by atoms with E-state index >= 15 is 0 Å². The summed E-state index contributed by atoms with van der Waals surface area (Å²) < 4.78 is 28.0. The molecule has 2 aromatic rings. The Hall–Kier alpha value is -2.94. The number of sulfonamides is 1. The van der Waals surface area contributed by atoms with Gasteiger partial charge in [-0.1, -0.05) is 36.4 Å². The largest absolute Gasteiger partial charge is 0.392 e. The minimum absolute atomic E-state index is 0.230. The number of nitrogens with zero attached hydrogens (tertiary/aromatic N) is 2. The average Bonchev–Trinajstić information content (AvgIpc) is 2.47. The molecule has 114 valence electrons. The van der Waals surface area contributed by atoms with Crippen LogP contribution in [0.1, 0.15) is 5.56 Å². The lowest BCUT2D eigenvalue weighted by Gasteiger charge is -2.05. The molecule has 0 fully saturated rings. The van der Waals surface area contributed by atoms with Crippen molar-refractivity contribution in [1.29, 1.82) is 0 Å². The summed E-state index contributed by atoms with van der Waals surface area (Å²) in [5, 5.41) is 10.8. The molecule has 0 atom stereocenters. The van der Waals surface area contributed by atoms with Crippen LogP contribution in [-0.4, -0.2) is 19.2 Å². The van der Waals surface area contributed by atoms with Crippen LogP contribution in [0.4, 0.5) is 11.4 Å². The number of amidine groups is 1. The molecule has 2 rings (SSSR count). The molecule has 0 spiro atoms. The van der Waals surface area contributed by atoms with E-state index in [0.717, 1.165) is 12.1 Å². The summed E-state index contributed by atoms with van der Waals surface area (Å²) in [5.41, 5.74) is 10.6. The Morgan fingerprint density at radius 3 is 2.32 bits per heavy atom. The Kier molecular flexibility index (Phi) is 4.08. The minimum atomic E-state index is -4.26. The maximum Gasteiger partial charge on any atom is 0.293 e. The Bertz CT molecular complexity index is 848. The molecule has 0 aromatic heterocycles. The Balaban J connectivity index is 2.53. The maximum absolute atomic E-state index is 12.2. The highest BCUT2D eigenvalue weighted by atomic mass is 32.2. The number of nitro groups is 1. The van der Waals surface area contributed by atoms with Crippen molar-refractivity contribution in [2.75, 3.05) is 5.73 Å². The predicted octanol–water partition coefficient (Wildman–Crippen LogP) is 1.27. The van der Waals surface area contributed by atoms with E-state index in [1.807, 2.05) is 0 Å². The molecule has 22 heavy (non-hydrogen) atoms. The van der Waals surface area contributed by atoms with Gasteiger partial charge in [0.05, 0.1) is 4.92 Å². The molecule has 0 aliphatic carbocycles. The molecule has 0 saturated heterocycles. The second kappa shape index (κ2) is 5.82.